The minimum absolute atomic E-state index is 0. The van der Waals surface area contributed by atoms with Gasteiger partial charge in [0.1, 0.15) is 5.75 Å². The Morgan fingerprint density at radius 1 is 1.28 bits per heavy atom. The first-order valence-electron chi connectivity index (χ1n) is 9.41. The molecule has 166 valence electrons. The number of benzene rings is 1. The second kappa shape index (κ2) is 12.4. The Morgan fingerprint density at radius 2 is 2.00 bits per heavy atom. The maximum Gasteiger partial charge on any atom is 0.573 e. The Hall–Kier alpha value is -1.27. The molecule has 1 aromatic rings. The monoisotopic (exact) mass is 531 g/mol. The summed E-state index contributed by atoms with van der Waals surface area (Å²) in [6.45, 7) is 5.21. The highest BCUT2D eigenvalue weighted by atomic mass is 127. The van der Waals surface area contributed by atoms with Crippen LogP contribution < -0.4 is 15.4 Å². The van der Waals surface area contributed by atoms with Crippen LogP contribution in [-0.4, -0.2) is 56.9 Å². The van der Waals surface area contributed by atoms with Gasteiger partial charge < -0.3 is 25.2 Å². The predicted octanol–water partition coefficient (Wildman–Crippen LogP) is 3.09. The SMILES string of the molecule is CCNC(=NCC1(CCO)CCOC1)NCCc1ccc(OC(F)(F)F)cc1.I. The van der Waals surface area contributed by atoms with Crippen LogP contribution in [0.1, 0.15) is 25.3 Å². The fourth-order valence-corrected chi connectivity index (χ4v) is 3.06. The number of nitrogens with zero attached hydrogens (tertiary/aromatic N) is 1. The van der Waals surface area contributed by atoms with Gasteiger partial charge in [-0.3, -0.25) is 4.99 Å². The number of aliphatic hydroxyl groups excluding tert-OH is 1. The van der Waals surface area contributed by atoms with Gasteiger partial charge in [0, 0.05) is 31.7 Å². The van der Waals surface area contributed by atoms with E-state index in [-0.39, 0.29) is 41.7 Å². The molecule has 1 saturated heterocycles. The Morgan fingerprint density at radius 3 is 2.55 bits per heavy atom. The molecule has 1 aromatic carbocycles. The average molecular weight is 531 g/mol. The van der Waals surface area contributed by atoms with Crippen molar-refractivity contribution in [2.24, 2.45) is 10.4 Å². The van der Waals surface area contributed by atoms with Crippen molar-refractivity contribution in [3.63, 3.8) is 0 Å². The van der Waals surface area contributed by atoms with Gasteiger partial charge in [-0.15, -0.1) is 37.1 Å². The molecule has 0 saturated carbocycles. The van der Waals surface area contributed by atoms with E-state index in [9.17, 15) is 18.3 Å². The molecule has 1 aliphatic heterocycles. The topological polar surface area (TPSA) is 75.1 Å². The van der Waals surface area contributed by atoms with E-state index in [2.05, 4.69) is 20.4 Å². The second-order valence-corrected chi connectivity index (χ2v) is 6.84. The molecule has 1 heterocycles. The van der Waals surface area contributed by atoms with Gasteiger partial charge >= 0.3 is 6.36 Å². The highest BCUT2D eigenvalue weighted by Gasteiger charge is 2.34. The van der Waals surface area contributed by atoms with Crippen LogP contribution in [0.15, 0.2) is 29.3 Å². The number of hydrogen-bond donors (Lipinski definition) is 3. The van der Waals surface area contributed by atoms with E-state index < -0.39 is 6.36 Å². The number of hydrogen-bond acceptors (Lipinski definition) is 4. The Bertz CT molecular complexity index is 621. The number of aliphatic hydroxyl groups is 1. The Balaban J connectivity index is 0.00000420. The normalized spacial score (nSPS) is 19.6. The van der Waals surface area contributed by atoms with Crippen LogP contribution in [0.3, 0.4) is 0 Å². The van der Waals surface area contributed by atoms with E-state index in [0.717, 1.165) is 12.0 Å². The van der Waals surface area contributed by atoms with Crippen molar-refractivity contribution in [1.82, 2.24) is 10.6 Å². The largest absolute Gasteiger partial charge is 0.573 e. The van der Waals surface area contributed by atoms with Crippen LogP contribution in [0.2, 0.25) is 0 Å². The van der Waals surface area contributed by atoms with Gasteiger partial charge in [0.25, 0.3) is 0 Å². The molecule has 29 heavy (non-hydrogen) atoms. The van der Waals surface area contributed by atoms with Crippen molar-refractivity contribution < 1.29 is 27.8 Å². The molecule has 0 aromatic heterocycles. The summed E-state index contributed by atoms with van der Waals surface area (Å²) in [6.07, 6.45) is -2.52. The maximum atomic E-state index is 12.2. The second-order valence-electron chi connectivity index (χ2n) is 6.84. The molecule has 2 rings (SSSR count). The van der Waals surface area contributed by atoms with Gasteiger partial charge in [-0.05, 0) is 43.9 Å². The molecular formula is C19H29F3IN3O3. The first-order valence-corrected chi connectivity index (χ1v) is 9.41. The molecule has 0 spiro atoms. The molecular weight excluding hydrogens is 502 g/mol. The summed E-state index contributed by atoms with van der Waals surface area (Å²) >= 11 is 0. The first-order chi connectivity index (χ1) is 13.4. The molecule has 0 amide bonds. The minimum Gasteiger partial charge on any atom is -0.406 e. The summed E-state index contributed by atoms with van der Waals surface area (Å²) in [5.74, 6) is 0.441. The van der Waals surface area contributed by atoms with Crippen LogP contribution >= 0.6 is 24.0 Å². The zero-order chi connectivity index (χ0) is 20.5. The van der Waals surface area contributed by atoms with Crippen molar-refractivity contribution in [3.05, 3.63) is 29.8 Å². The number of guanidine groups is 1. The maximum absolute atomic E-state index is 12.2. The van der Waals surface area contributed by atoms with Crippen LogP contribution in [0.5, 0.6) is 5.75 Å². The van der Waals surface area contributed by atoms with E-state index in [4.69, 9.17) is 4.74 Å². The van der Waals surface area contributed by atoms with Gasteiger partial charge in [0.15, 0.2) is 5.96 Å². The average Bonchev–Trinajstić information content (AvgIpc) is 3.09. The smallest absolute Gasteiger partial charge is 0.406 e. The Kier molecular flexibility index (Phi) is 11.0. The third-order valence-electron chi connectivity index (χ3n) is 4.61. The first kappa shape index (κ1) is 25.8. The number of alkyl halides is 3. The molecule has 1 unspecified atom stereocenters. The van der Waals surface area contributed by atoms with E-state index in [1.165, 1.54) is 12.1 Å². The number of ether oxygens (including phenoxy) is 2. The van der Waals surface area contributed by atoms with E-state index >= 15 is 0 Å². The summed E-state index contributed by atoms with van der Waals surface area (Å²) in [4.78, 5) is 4.63. The highest BCUT2D eigenvalue weighted by Crippen LogP contribution is 2.32. The van der Waals surface area contributed by atoms with Crippen LogP contribution in [0.25, 0.3) is 0 Å². The lowest BCUT2D eigenvalue weighted by atomic mass is 9.84. The fourth-order valence-electron chi connectivity index (χ4n) is 3.06. The third-order valence-corrected chi connectivity index (χ3v) is 4.61. The van der Waals surface area contributed by atoms with Crippen LogP contribution in [-0.2, 0) is 11.2 Å². The summed E-state index contributed by atoms with van der Waals surface area (Å²) in [7, 11) is 0. The third kappa shape index (κ3) is 9.39. The van der Waals surface area contributed by atoms with Crippen molar-refractivity contribution in [1.29, 1.82) is 0 Å². The van der Waals surface area contributed by atoms with Crippen LogP contribution in [0.4, 0.5) is 13.2 Å². The summed E-state index contributed by atoms with van der Waals surface area (Å²) in [5.41, 5.74) is 0.768. The van der Waals surface area contributed by atoms with E-state index in [1.807, 2.05) is 6.92 Å². The molecule has 0 radical (unpaired) electrons. The fraction of sp³-hybridized carbons (Fsp3) is 0.632. The number of aliphatic imine (C=N–C) groups is 1. The summed E-state index contributed by atoms with van der Waals surface area (Å²) < 4.78 is 45.9. The van der Waals surface area contributed by atoms with E-state index in [1.54, 1.807) is 12.1 Å². The summed E-state index contributed by atoms with van der Waals surface area (Å²) in [6, 6.07) is 5.83. The standard InChI is InChI=1S/C19H28F3N3O3.HI/c1-2-23-17(25-13-18(8-11-26)9-12-27-14-18)24-10-7-15-3-5-16(6-4-15)28-19(20,21)22;/h3-6,26H,2,7-14H2,1H3,(H2,23,24,25);1H. The quantitative estimate of drug-likeness (QED) is 0.260. The lowest BCUT2D eigenvalue weighted by Crippen LogP contribution is -2.39. The lowest BCUT2D eigenvalue weighted by molar-refractivity contribution is -0.274. The molecule has 3 N–H and O–H groups in total. The highest BCUT2D eigenvalue weighted by molar-refractivity contribution is 14.0. The van der Waals surface area contributed by atoms with Crippen molar-refractivity contribution in [2.75, 3.05) is 39.5 Å². The zero-order valence-corrected chi connectivity index (χ0v) is 18.8. The van der Waals surface area contributed by atoms with Gasteiger partial charge in [0.05, 0.1) is 13.2 Å². The molecule has 1 fully saturated rings. The van der Waals surface area contributed by atoms with Crippen LogP contribution in [0, 0.1) is 5.41 Å². The predicted molar refractivity (Wildman–Crippen MR) is 116 cm³/mol. The number of halogens is 4. The van der Waals surface area contributed by atoms with Gasteiger partial charge in [-0.25, -0.2) is 0 Å². The van der Waals surface area contributed by atoms with Gasteiger partial charge in [-0.2, -0.15) is 0 Å². The van der Waals surface area contributed by atoms with Crippen molar-refractivity contribution in [2.45, 2.75) is 32.5 Å². The summed E-state index contributed by atoms with van der Waals surface area (Å²) in [5, 5.41) is 15.7. The van der Waals surface area contributed by atoms with Gasteiger partial charge in [-0.1, -0.05) is 12.1 Å². The van der Waals surface area contributed by atoms with Gasteiger partial charge in [0.2, 0.25) is 0 Å². The van der Waals surface area contributed by atoms with E-state index in [0.29, 0.717) is 51.6 Å². The van der Waals surface area contributed by atoms with Crippen molar-refractivity contribution in [3.8, 4) is 5.75 Å². The minimum atomic E-state index is -4.68. The molecule has 10 heteroatoms. The molecule has 0 bridgehead atoms. The lowest BCUT2D eigenvalue weighted by Gasteiger charge is -2.24. The number of nitrogens with one attached hydrogen (secondary N) is 2. The zero-order valence-electron chi connectivity index (χ0n) is 16.4. The molecule has 6 nitrogen and oxygen atoms in total. The molecule has 0 aliphatic carbocycles. The molecule has 1 atom stereocenters. The van der Waals surface area contributed by atoms with Crippen molar-refractivity contribution >= 4 is 29.9 Å². The number of rotatable bonds is 9. The molecule has 1 aliphatic rings. The Labute approximate surface area is 186 Å².